The average molecular weight is 176 g/mol. The van der Waals surface area contributed by atoms with Crippen LogP contribution in [0.25, 0.3) is 0 Å². The van der Waals surface area contributed by atoms with E-state index in [1.807, 2.05) is 0 Å². The fraction of sp³-hybridized carbons (Fsp3) is 0.400. The third-order valence-electron chi connectivity index (χ3n) is 1.03. The molecule has 0 rings (SSSR count). The molecule has 7 heteroatoms. The molecule has 0 aliphatic carbocycles. The first-order chi connectivity index (χ1) is 5.49. The molecule has 0 spiro atoms. The van der Waals surface area contributed by atoms with Crippen LogP contribution < -0.4 is 11.1 Å². The molecule has 1 unspecified atom stereocenters. The fourth-order valence-electron chi connectivity index (χ4n) is 0.441. The Balaban J connectivity index is 4.12. The summed E-state index contributed by atoms with van der Waals surface area (Å²) in [5.74, 6) is -4.49. The summed E-state index contributed by atoms with van der Waals surface area (Å²) in [6.07, 6.45) is 0. The van der Waals surface area contributed by atoms with Crippen LogP contribution in [0.4, 0.5) is 0 Å². The Hall–Kier alpha value is -1.63. The highest BCUT2D eigenvalue weighted by atomic mass is 16.4. The number of carboxylic acids is 2. The molecule has 0 aliphatic rings. The first-order valence-electron chi connectivity index (χ1n) is 2.95. The van der Waals surface area contributed by atoms with Gasteiger partial charge in [0.05, 0.1) is 0 Å². The summed E-state index contributed by atoms with van der Waals surface area (Å²) in [6, 6.07) is -1.35. The van der Waals surface area contributed by atoms with Crippen LogP contribution >= 0.6 is 0 Å². The Bertz CT molecular complexity index is 214. The van der Waals surface area contributed by atoms with Crippen LogP contribution in [0, 0.1) is 0 Å². The van der Waals surface area contributed by atoms with E-state index in [0.29, 0.717) is 0 Å². The van der Waals surface area contributed by atoms with Gasteiger partial charge < -0.3 is 21.3 Å². The van der Waals surface area contributed by atoms with Gasteiger partial charge in [-0.1, -0.05) is 0 Å². The van der Waals surface area contributed by atoms with Gasteiger partial charge in [0.1, 0.15) is 6.04 Å². The van der Waals surface area contributed by atoms with Crippen molar-refractivity contribution in [3.05, 3.63) is 0 Å². The van der Waals surface area contributed by atoms with E-state index >= 15 is 0 Å². The summed E-state index contributed by atoms with van der Waals surface area (Å²) < 4.78 is 0. The molecule has 0 aromatic heterocycles. The van der Waals surface area contributed by atoms with Gasteiger partial charge in [0.2, 0.25) is 0 Å². The van der Waals surface area contributed by atoms with E-state index in [2.05, 4.69) is 0 Å². The van der Waals surface area contributed by atoms with Crippen molar-refractivity contribution >= 4 is 17.8 Å². The van der Waals surface area contributed by atoms with Gasteiger partial charge in [-0.2, -0.15) is 0 Å². The zero-order chi connectivity index (χ0) is 9.72. The van der Waals surface area contributed by atoms with Crippen LogP contribution in [-0.2, 0) is 14.4 Å². The molecule has 7 nitrogen and oxygen atoms in total. The van der Waals surface area contributed by atoms with Gasteiger partial charge in [-0.15, -0.1) is 0 Å². The smallest absolute Gasteiger partial charge is 0.394 e. The molecule has 0 saturated heterocycles. The zero-order valence-electron chi connectivity index (χ0n) is 5.98. The summed E-state index contributed by atoms with van der Waals surface area (Å²) in [7, 11) is 0. The minimum atomic E-state index is -1.74. The summed E-state index contributed by atoms with van der Waals surface area (Å²) in [4.78, 5) is 30.5. The molecule has 0 heterocycles. The molecule has 5 N–H and O–H groups in total. The summed E-state index contributed by atoms with van der Waals surface area (Å²) >= 11 is 0. The lowest BCUT2D eigenvalue weighted by molar-refractivity contribution is -0.152. The third kappa shape index (κ3) is 2.97. The van der Waals surface area contributed by atoms with Gasteiger partial charge in [0.25, 0.3) is 0 Å². The molecule has 1 atom stereocenters. The highest BCUT2D eigenvalue weighted by Gasteiger charge is 2.21. The number of hydrogen-bond donors (Lipinski definition) is 4. The molecule has 0 aromatic carbocycles. The maximum Gasteiger partial charge on any atom is 0.394 e. The molecule has 0 aliphatic heterocycles. The second kappa shape index (κ2) is 4.29. The second-order valence-corrected chi connectivity index (χ2v) is 1.91. The molecule has 1 amide bonds. The first kappa shape index (κ1) is 10.4. The summed E-state index contributed by atoms with van der Waals surface area (Å²) in [6.45, 7) is -0.353. The van der Waals surface area contributed by atoms with E-state index < -0.39 is 23.9 Å². The van der Waals surface area contributed by atoms with Gasteiger partial charge in [-0.05, 0) is 0 Å². The number of carbonyl (C=O) groups excluding carboxylic acids is 1. The minimum absolute atomic E-state index is 0.353. The van der Waals surface area contributed by atoms with Crippen LogP contribution in [0.3, 0.4) is 0 Å². The van der Waals surface area contributed by atoms with E-state index in [-0.39, 0.29) is 6.54 Å². The number of hydrogen-bond acceptors (Lipinski definition) is 4. The lowest BCUT2D eigenvalue weighted by Gasteiger charge is -2.08. The average Bonchev–Trinajstić information content (AvgIpc) is 1.98. The Morgan fingerprint density at radius 2 is 1.83 bits per heavy atom. The number of amides is 1. The molecular weight excluding hydrogens is 168 g/mol. The van der Waals surface area contributed by atoms with Crippen molar-refractivity contribution in [2.45, 2.75) is 6.04 Å². The predicted molar refractivity (Wildman–Crippen MR) is 36.3 cm³/mol. The van der Waals surface area contributed by atoms with Crippen molar-refractivity contribution in [2.24, 2.45) is 5.73 Å². The Kier molecular flexibility index (Phi) is 3.71. The molecule has 0 bridgehead atoms. The molecule has 68 valence electrons. The number of rotatable bonds is 3. The van der Waals surface area contributed by atoms with Crippen molar-refractivity contribution in [1.29, 1.82) is 0 Å². The normalized spacial score (nSPS) is 11.8. The van der Waals surface area contributed by atoms with Gasteiger partial charge in [0.15, 0.2) is 0 Å². The maximum atomic E-state index is 10.4. The van der Waals surface area contributed by atoms with Crippen LogP contribution in [0.1, 0.15) is 0 Å². The number of carbonyl (C=O) groups is 3. The molecular formula is C5H8N2O5. The van der Waals surface area contributed by atoms with Crippen LogP contribution in [0.2, 0.25) is 0 Å². The van der Waals surface area contributed by atoms with Gasteiger partial charge in [-0.3, -0.25) is 4.79 Å². The van der Waals surface area contributed by atoms with E-state index in [1.54, 1.807) is 5.32 Å². The predicted octanol–water partition coefficient (Wildman–Crippen LogP) is -2.40. The number of nitrogens with two attached hydrogens (primary N) is 1. The largest absolute Gasteiger partial charge is 0.480 e. The Morgan fingerprint density at radius 3 is 2.08 bits per heavy atom. The monoisotopic (exact) mass is 176 g/mol. The van der Waals surface area contributed by atoms with Gasteiger partial charge >= 0.3 is 17.8 Å². The third-order valence-corrected chi connectivity index (χ3v) is 1.03. The number of aliphatic carboxylic acids is 2. The molecule has 0 aromatic rings. The van der Waals surface area contributed by atoms with E-state index in [9.17, 15) is 14.4 Å². The van der Waals surface area contributed by atoms with E-state index in [0.717, 1.165) is 0 Å². The second-order valence-electron chi connectivity index (χ2n) is 1.91. The highest BCUT2D eigenvalue weighted by molar-refractivity contribution is 6.31. The zero-order valence-corrected chi connectivity index (χ0v) is 5.98. The van der Waals surface area contributed by atoms with E-state index in [4.69, 9.17) is 15.9 Å². The minimum Gasteiger partial charge on any atom is -0.480 e. The van der Waals surface area contributed by atoms with Gasteiger partial charge in [-0.25, -0.2) is 9.59 Å². The molecule has 0 saturated carbocycles. The molecule has 0 fully saturated rings. The highest BCUT2D eigenvalue weighted by Crippen LogP contribution is 1.80. The number of nitrogens with one attached hydrogen (secondary N) is 1. The van der Waals surface area contributed by atoms with Crippen LogP contribution in [-0.4, -0.2) is 40.6 Å². The topological polar surface area (TPSA) is 130 Å². The van der Waals surface area contributed by atoms with Crippen molar-refractivity contribution in [1.82, 2.24) is 5.32 Å². The SMILES string of the molecule is NCC(NC(=O)C(=O)O)C(=O)O. The van der Waals surface area contributed by atoms with Crippen molar-refractivity contribution in [3.8, 4) is 0 Å². The maximum absolute atomic E-state index is 10.4. The van der Waals surface area contributed by atoms with Crippen molar-refractivity contribution in [3.63, 3.8) is 0 Å². The Labute approximate surface area is 67.2 Å². The number of carboxylic acid groups (broad SMARTS) is 2. The summed E-state index contributed by atoms with van der Waals surface area (Å²) in [5, 5.41) is 18.1. The fourth-order valence-corrected chi connectivity index (χ4v) is 0.441. The van der Waals surface area contributed by atoms with Gasteiger partial charge in [0, 0.05) is 6.54 Å². The quantitative estimate of drug-likeness (QED) is 0.354. The lowest BCUT2D eigenvalue weighted by Crippen LogP contribution is -2.48. The van der Waals surface area contributed by atoms with Crippen LogP contribution in [0.15, 0.2) is 0 Å². The Morgan fingerprint density at radius 1 is 1.33 bits per heavy atom. The molecule has 0 radical (unpaired) electrons. The molecule has 12 heavy (non-hydrogen) atoms. The van der Waals surface area contributed by atoms with Crippen molar-refractivity contribution < 1.29 is 24.6 Å². The standard InChI is InChI=1S/C5H8N2O5/c6-1-2(4(9)10)7-3(8)5(11)12/h2H,1,6H2,(H,7,8)(H,9,10)(H,11,12). The summed E-state index contributed by atoms with van der Waals surface area (Å²) in [5.41, 5.74) is 4.93. The lowest BCUT2D eigenvalue weighted by atomic mass is 10.3. The van der Waals surface area contributed by atoms with E-state index in [1.165, 1.54) is 0 Å². The van der Waals surface area contributed by atoms with Crippen molar-refractivity contribution in [2.75, 3.05) is 6.54 Å². The first-order valence-corrected chi connectivity index (χ1v) is 2.95. The van der Waals surface area contributed by atoms with Crippen LogP contribution in [0.5, 0.6) is 0 Å².